The van der Waals surface area contributed by atoms with Crippen molar-refractivity contribution >= 4 is 0 Å². The third-order valence-corrected chi connectivity index (χ3v) is 2.50. The number of aromatic nitrogens is 3. The van der Waals surface area contributed by atoms with Crippen molar-refractivity contribution in [3.63, 3.8) is 0 Å². The van der Waals surface area contributed by atoms with Gasteiger partial charge in [-0.2, -0.15) is 26.3 Å². The molecule has 0 spiro atoms. The topological polar surface area (TPSA) is 39.9 Å². The molecule has 0 fully saturated rings. The molecule has 1 heterocycles. The largest absolute Gasteiger partial charge is 0.495 e. The highest BCUT2D eigenvalue weighted by Gasteiger charge is 2.46. The predicted octanol–water partition coefficient (Wildman–Crippen LogP) is 3.31. The van der Waals surface area contributed by atoms with E-state index in [9.17, 15) is 26.3 Å². The molecule has 2 aromatic rings. The molecular formula is C11H7F6N3O. The van der Waals surface area contributed by atoms with E-state index in [0.717, 1.165) is 13.2 Å². The molecule has 21 heavy (non-hydrogen) atoms. The number of nitrogens with zero attached hydrogens (tertiary/aromatic N) is 3. The fraction of sp³-hybridized carbons (Fsp3) is 0.273. The summed E-state index contributed by atoms with van der Waals surface area (Å²) < 4.78 is 81.7. The first-order valence-electron chi connectivity index (χ1n) is 5.39. The van der Waals surface area contributed by atoms with Crippen molar-refractivity contribution in [2.75, 3.05) is 7.11 Å². The average molecular weight is 311 g/mol. The maximum atomic E-state index is 12.8. The van der Waals surface area contributed by atoms with Gasteiger partial charge in [0.25, 0.3) is 0 Å². The molecule has 0 amide bonds. The summed E-state index contributed by atoms with van der Waals surface area (Å²) >= 11 is 0. The predicted molar refractivity (Wildman–Crippen MR) is 57.9 cm³/mol. The maximum Gasteiger partial charge on any atom is 0.452 e. The Labute approximate surface area is 114 Å². The second-order valence-corrected chi connectivity index (χ2v) is 3.85. The van der Waals surface area contributed by atoms with Crippen molar-refractivity contribution in [3.05, 3.63) is 35.9 Å². The van der Waals surface area contributed by atoms with Crippen LogP contribution in [0.4, 0.5) is 26.3 Å². The third kappa shape index (κ3) is 2.78. The molecule has 0 saturated carbocycles. The Balaban J connectivity index is 2.79. The maximum absolute atomic E-state index is 12.8. The quantitative estimate of drug-likeness (QED) is 0.799. The van der Waals surface area contributed by atoms with Gasteiger partial charge < -0.3 is 4.74 Å². The number of methoxy groups -OCH3 is 1. The van der Waals surface area contributed by atoms with Gasteiger partial charge in [0.2, 0.25) is 11.6 Å². The van der Waals surface area contributed by atoms with Crippen molar-refractivity contribution in [2.45, 2.75) is 12.4 Å². The van der Waals surface area contributed by atoms with Crippen LogP contribution in [0.25, 0.3) is 5.69 Å². The van der Waals surface area contributed by atoms with E-state index in [4.69, 9.17) is 4.74 Å². The zero-order valence-corrected chi connectivity index (χ0v) is 10.3. The molecule has 1 aromatic heterocycles. The minimum absolute atomic E-state index is 0.112. The molecular weight excluding hydrogens is 304 g/mol. The molecule has 4 nitrogen and oxygen atoms in total. The van der Waals surface area contributed by atoms with E-state index in [0.29, 0.717) is 0 Å². The van der Waals surface area contributed by atoms with Crippen LogP contribution in [0.3, 0.4) is 0 Å². The van der Waals surface area contributed by atoms with Crippen LogP contribution in [0, 0.1) is 0 Å². The summed E-state index contributed by atoms with van der Waals surface area (Å²) in [7, 11) is 1.13. The highest BCUT2D eigenvalue weighted by atomic mass is 19.4. The highest BCUT2D eigenvalue weighted by molar-refractivity contribution is 5.48. The van der Waals surface area contributed by atoms with Crippen molar-refractivity contribution in [3.8, 4) is 11.4 Å². The summed E-state index contributed by atoms with van der Waals surface area (Å²) in [6.45, 7) is 0. The summed E-state index contributed by atoms with van der Waals surface area (Å²) in [6.07, 6.45) is -10.2. The second-order valence-electron chi connectivity index (χ2n) is 3.85. The van der Waals surface area contributed by atoms with Crippen LogP contribution < -0.4 is 4.74 Å². The molecule has 0 bridgehead atoms. The number of hydrogen-bond donors (Lipinski definition) is 0. The lowest BCUT2D eigenvalue weighted by Gasteiger charge is -2.15. The smallest absolute Gasteiger partial charge is 0.452 e. The minimum Gasteiger partial charge on any atom is -0.495 e. The van der Waals surface area contributed by atoms with Crippen molar-refractivity contribution in [2.24, 2.45) is 0 Å². The molecule has 0 atom stereocenters. The minimum atomic E-state index is -5.10. The number of para-hydroxylation sites is 2. The van der Waals surface area contributed by atoms with Gasteiger partial charge in [-0.1, -0.05) is 12.1 Å². The number of benzene rings is 1. The van der Waals surface area contributed by atoms with Crippen molar-refractivity contribution in [1.29, 1.82) is 0 Å². The fourth-order valence-electron chi connectivity index (χ4n) is 1.69. The molecule has 0 unspecified atom stereocenters. The van der Waals surface area contributed by atoms with Crippen LogP contribution in [-0.2, 0) is 12.4 Å². The van der Waals surface area contributed by atoms with E-state index in [1.54, 1.807) is 0 Å². The molecule has 0 N–H and O–H groups in total. The van der Waals surface area contributed by atoms with Gasteiger partial charge in [0.05, 0.1) is 12.8 Å². The number of alkyl halides is 6. The molecule has 2 rings (SSSR count). The van der Waals surface area contributed by atoms with Gasteiger partial charge in [-0.3, -0.25) is 4.57 Å². The Hall–Kier alpha value is -2.26. The van der Waals surface area contributed by atoms with Gasteiger partial charge >= 0.3 is 12.4 Å². The van der Waals surface area contributed by atoms with E-state index < -0.39 is 29.7 Å². The molecule has 10 heteroatoms. The summed E-state index contributed by atoms with van der Waals surface area (Å²) in [6, 6.07) is 4.97. The van der Waals surface area contributed by atoms with E-state index in [-0.39, 0.29) is 10.3 Å². The first kappa shape index (κ1) is 15.1. The van der Waals surface area contributed by atoms with Crippen molar-refractivity contribution in [1.82, 2.24) is 14.8 Å². The van der Waals surface area contributed by atoms with E-state index in [1.165, 1.54) is 18.2 Å². The Morgan fingerprint density at radius 1 is 0.905 bits per heavy atom. The molecule has 1 aromatic carbocycles. The monoisotopic (exact) mass is 311 g/mol. The van der Waals surface area contributed by atoms with Gasteiger partial charge in [0, 0.05) is 0 Å². The fourth-order valence-corrected chi connectivity index (χ4v) is 1.69. The standard InChI is InChI=1S/C11H7F6N3O/c1-21-7-5-3-2-4-6(7)20-8(10(12,13)14)18-19-9(20)11(15,16)17/h2-5H,1H3. The zero-order chi connectivity index (χ0) is 15.8. The lowest BCUT2D eigenvalue weighted by molar-refractivity contribution is -0.153. The molecule has 0 saturated heterocycles. The van der Waals surface area contributed by atoms with Crippen LogP contribution in [0.1, 0.15) is 11.6 Å². The van der Waals surface area contributed by atoms with Crippen LogP contribution >= 0.6 is 0 Å². The van der Waals surface area contributed by atoms with Gasteiger partial charge in [0.15, 0.2) is 0 Å². The molecule has 114 valence electrons. The number of rotatable bonds is 2. The zero-order valence-electron chi connectivity index (χ0n) is 10.3. The van der Waals surface area contributed by atoms with Gasteiger partial charge in [-0.25, -0.2) is 0 Å². The van der Waals surface area contributed by atoms with Gasteiger partial charge in [-0.15, -0.1) is 10.2 Å². The molecule has 0 radical (unpaired) electrons. The van der Waals surface area contributed by atoms with Crippen LogP contribution in [0.5, 0.6) is 5.75 Å². The first-order valence-corrected chi connectivity index (χ1v) is 5.39. The highest BCUT2D eigenvalue weighted by Crippen LogP contribution is 2.37. The van der Waals surface area contributed by atoms with Crippen LogP contribution in [0.15, 0.2) is 24.3 Å². The Morgan fingerprint density at radius 2 is 1.38 bits per heavy atom. The van der Waals surface area contributed by atoms with Crippen LogP contribution in [-0.4, -0.2) is 21.9 Å². The number of ether oxygens (including phenoxy) is 1. The lowest BCUT2D eigenvalue weighted by atomic mass is 10.2. The molecule has 0 aliphatic rings. The summed E-state index contributed by atoms with van der Waals surface area (Å²) in [5.41, 5.74) is -0.454. The summed E-state index contributed by atoms with van der Waals surface area (Å²) in [5.74, 6) is -3.73. The molecule has 0 aliphatic carbocycles. The van der Waals surface area contributed by atoms with Crippen LogP contribution in [0.2, 0.25) is 0 Å². The van der Waals surface area contributed by atoms with Crippen molar-refractivity contribution < 1.29 is 31.1 Å². The lowest BCUT2D eigenvalue weighted by Crippen LogP contribution is -2.19. The van der Waals surface area contributed by atoms with Gasteiger partial charge in [0.1, 0.15) is 5.75 Å². The Kier molecular flexibility index (Phi) is 3.56. The van der Waals surface area contributed by atoms with E-state index in [2.05, 4.69) is 10.2 Å². The number of halogens is 6. The third-order valence-electron chi connectivity index (χ3n) is 2.50. The second kappa shape index (κ2) is 4.93. The normalized spacial score (nSPS) is 12.5. The van der Waals surface area contributed by atoms with Gasteiger partial charge in [-0.05, 0) is 12.1 Å². The average Bonchev–Trinajstić information content (AvgIpc) is 2.82. The first-order chi connectivity index (χ1) is 9.66. The summed E-state index contributed by atoms with van der Waals surface area (Å²) in [4.78, 5) is 0. The number of hydrogen-bond acceptors (Lipinski definition) is 3. The van der Waals surface area contributed by atoms with E-state index >= 15 is 0 Å². The SMILES string of the molecule is COc1ccccc1-n1c(C(F)(F)F)nnc1C(F)(F)F. The molecule has 0 aliphatic heterocycles. The Morgan fingerprint density at radius 3 is 1.81 bits per heavy atom. The Bertz CT molecular complexity index is 615. The van der Waals surface area contributed by atoms with E-state index in [1.807, 2.05) is 0 Å². The summed E-state index contributed by atoms with van der Waals surface area (Å²) in [5, 5.41) is 5.24.